The molecule has 1 heterocycles. The fourth-order valence-corrected chi connectivity index (χ4v) is 3.68. The quantitative estimate of drug-likeness (QED) is 0.772. The summed E-state index contributed by atoms with van der Waals surface area (Å²) in [5.74, 6) is -0.974. The molecule has 5 nitrogen and oxygen atoms in total. The fourth-order valence-electron chi connectivity index (χ4n) is 2.84. The maximum Gasteiger partial charge on any atom is 0.336 e. The van der Waals surface area contributed by atoms with Crippen molar-refractivity contribution in [3.63, 3.8) is 0 Å². The molecule has 0 aromatic heterocycles. The van der Waals surface area contributed by atoms with Crippen LogP contribution < -0.4 is 10.2 Å². The lowest BCUT2D eigenvalue weighted by molar-refractivity contribution is -0.113. The van der Waals surface area contributed by atoms with Gasteiger partial charge >= 0.3 is 5.97 Å². The Kier molecular flexibility index (Phi) is 5.60. The second-order valence-electron chi connectivity index (χ2n) is 5.88. The number of hydrogen-bond acceptors (Lipinski definition) is 4. The fraction of sp³-hybridized carbons (Fsp3) is 0.263. The van der Waals surface area contributed by atoms with Crippen LogP contribution in [0.5, 0.6) is 0 Å². The van der Waals surface area contributed by atoms with Crippen molar-refractivity contribution in [2.24, 2.45) is 0 Å². The summed E-state index contributed by atoms with van der Waals surface area (Å²) in [5.41, 5.74) is 2.15. The molecule has 2 aromatic carbocycles. The molecule has 3 rings (SSSR count). The molecule has 0 atom stereocenters. The van der Waals surface area contributed by atoms with Crippen molar-refractivity contribution in [1.29, 1.82) is 0 Å². The SMILES string of the molecule is O=C(CSc1ccccc1C(=O)O)Nc1ccc(N2CCCC2)cc1. The predicted molar refractivity (Wildman–Crippen MR) is 101 cm³/mol. The highest BCUT2D eigenvalue weighted by Gasteiger charge is 2.13. The zero-order valence-electron chi connectivity index (χ0n) is 13.8. The predicted octanol–water partition coefficient (Wildman–Crippen LogP) is 3.72. The van der Waals surface area contributed by atoms with Gasteiger partial charge in [-0.1, -0.05) is 12.1 Å². The molecule has 1 saturated heterocycles. The molecular weight excluding hydrogens is 336 g/mol. The number of nitrogens with one attached hydrogen (secondary N) is 1. The van der Waals surface area contributed by atoms with Crippen molar-refractivity contribution >= 4 is 35.0 Å². The molecule has 1 aliphatic rings. The van der Waals surface area contributed by atoms with Crippen molar-refractivity contribution < 1.29 is 14.7 Å². The van der Waals surface area contributed by atoms with Crippen LogP contribution in [0.4, 0.5) is 11.4 Å². The molecule has 0 saturated carbocycles. The first-order valence-corrected chi connectivity index (χ1v) is 9.22. The summed E-state index contributed by atoms with van der Waals surface area (Å²) in [6, 6.07) is 14.6. The number of nitrogens with zero attached hydrogens (tertiary/aromatic N) is 1. The van der Waals surface area contributed by atoms with E-state index in [0.29, 0.717) is 4.90 Å². The summed E-state index contributed by atoms with van der Waals surface area (Å²) in [4.78, 5) is 26.2. The van der Waals surface area contributed by atoms with Gasteiger partial charge in [0.2, 0.25) is 5.91 Å². The Morgan fingerprint density at radius 1 is 1.04 bits per heavy atom. The topological polar surface area (TPSA) is 69.6 Å². The standard InChI is InChI=1S/C19H20N2O3S/c22-18(13-25-17-6-2-1-5-16(17)19(23)24)20-14-7-9-15(10-8-14)21-11-3-4-12-21/h1-2,5-10H,3-4,11-13H2,(H,20,22)(H,23,24). The van der Waals surface area contributed by atoms with Gasteiger partial charge in [0.05, 0.1) is 11.3 Å². The largest absolute Gasteiger partial charge is 0.478 e. The number of benzene rings is 2. The minimum atomic E-state index is -0.985. The number of thioether (sulfide) groups is 1. The average molecular weight is 356 g/mol. The number of carbonyl (C=O) groups is 2. The molecule has 0 aliphatic carbocycles. The van der Waals surface area contributed by atoms with Crippen LogP contribution in [0.15, 0.2) is 53.4 Å². The molecule has 0 unspecified atom stereocenters. The van der Waals surface area contributed by atoms with Crippen LogP contribution in [0.3, 0.4) is 0 Å². The molecule has 6 heteroatoms. The summed E-state index contributed by atoms with van der Waals surface area (Å²) >= 11 is 1.23. The third-order valence-corrected chi connectivity index (χ3v) is 5.17. The summed E-state index contributed by atoms with van der Waals surface area (Å²) in [6.07, 6.45) is 2.46. The Hall–Kier alpha value is -2.47. The third kappa shape index (κ3) is 4.54. The van der Waals surface area contributed by atoms with E-state index in [1.165, 1.54) is 30.3 Å². The molecule has 2 N–H and O–H groups in total. The van der Waals surface area contributed by atoms with Gasteiger partial charge in [0.25, 0.3) is 0 Å². The summed E-state index contributed by atoms with van der Waals surface area (Å²) in [5, 5.41) is 12.0. The lowest BCUT2D eigenvalue weighted by atomic mass is 10.2. The minimum absolute atomic E-state index is 0.154. The highest BCUT2D eigenvalue weighted by molar-refractivity contribution is 8.00. The van der Waals surface area contributed by atoms with Crippen LogP contribution in [0.1, 0.15) is 23.2 Å². The zero-order chi connectivity index (χ0) is 17.6. The maximum atomic E-state index is 12.1. The summed E-state index contributed by atoms with van der Waals surface area (Å²) < 4.78 is 0. The van der Waals surface area contributed by atoms with Crippen molar-refractivity contribution in [2.45, 2.75) is 17.7 Å². The first-order valence-electron chi connectivity index (χ1n) is 8.23. The highest BCUT2D eigenvalue weighted by Crippen LogP contribution is 2.24. The van der Waals surface area contributed by atoms with Crippen LogP contribution in [0, 0.1) is 0 Å². The van der Waals surface area contributed by atoms with Gasteiger partial charge in [-0.3, -0.25) is 4.79 Å². The van der Waals surface area contributed by atoms with Crippen LogP contribution in [-0.4, -0.2) is 35.8 Å². The van der Waals surface area contributed by atoms with E-state index in [1.807, 2.05) is 24.3 Å². The second kappa shape index (κ2) is 8.07. The van der Waals surface area contributed by atoms with Gasteiger partial charge in [0.15, 0.2) is 0 Å². The monoisotopic (exact) mass is 356 g/mol. The van der Waals surface area contributed by atoms with Crippen molar-refractivity contribution in [2.75, 3.05) is 29.1 Å². The van der Waals surface area contributed by atoms with Gasteiger partial charge in [-0.05, 0) is 49.2 Å². The number of hydrogen-bond donors (Lipinski definition) is 2. The number of carboxylic acid groups (broad SMARTS) is 1. The number of carbonyl (C=O) groups excluding carboxylic acids is 1. The van der Waals surface area contributed by atoms with Gasteiger partial charge in [0, 0.05) is 29.4 Å². The van der Waals surface area contributed by atoms with Crippen LogP contribution >= 0.6 is 11.8 Å². The van der Waals surface area contributed by atoms with E-state index >= 15 is 0 Å². The average Bonchev–Trinajstić information content (AvgIpc) is 3.15. The Labute approximate surface area is 151 Å². The Bertz CT molecular complexity index is 756. The molecule has 1 amide bonds. The summed E-state index contributed by atoms with van der Waals surface area (Å²) in [6.45, 7) is 2.18. The van der Waals surface area contributed by atoms with E-state index in [-0.39, 0.29) is 17.2 Å². The van der Waals surface area contributed by atoms with E-state index in [4.69, 9.17) is 5.11 Å². The van der Waals surface area contributed by atoms with Crippen LogP contribution in [-0.2, 0) is 4.79 Å². The number of carboxylic acids is 1. The number of aromatic carboxylic acids is 1. The maximum absolute atomic E-state index is 12.1. The first-order chi connectivity index (χ1) is 12.1. The molecule has 0 spiro atoms. The van der Waals surface area contributed by atoms with Crippen LogP contribution in [0.25, 0.3) is 0 Å². The first kappa shape index (κ1) is 17.4. The molecule has 130 valence electrons. The third-order valence-electron chi connectivity index (χ3n) is 4.10. The zero-order valence-corrected chi connectivity index (χ0v) is 14.6. The van der Waals surface area contributed by atoms with Crippen molar-refractivity contribution in [3.8, 4) is 0 Å². The Morgan fingerprint density at radius 3 is 2.40 bits per heavy atom. The van der Waals surface area contributed by atoms with E-state index in [2.05, 4.69) is 10.2 Å². The molecule has 1 aliphatic heterocycles. The summed E-state index contributed by atoms with van der Waals surface area (Å²) in [7, 11) is 0. The minimum Gasteiger partial charge on any atom is -0.478 e. The highest BCUT2D eigenvalue weighted by atomic mass is 32.2. The normalized spacial score (nSPS) is 13.7. The number of anilines is 2. The van der Waals surface area contributed by atoms with Gasteiger partial charge < -0.3 is 15.3 Å². The van der Waals surface area contributed by atoms with Gasteiger partial charge in [-0.2, -0.15) is 0 Å². The molecular formula is C19H20N2O3S. The molecule has 1 fully saturated rings. The second-order valence-corrected chi connectivity index (χ2v) is 6.90. The van der Waals surface area contributed by atoms with E-state index in [9.17, 15) is 9.59 Å². The molecule has 25 heavy (non-hydrogen) atoms. The van der Waals surface area contributed by atoms with Gasteiger partial charge in [-0.25, -0.2) is 4.79 Å². The van der Waals surface area contributed by atoms with Crippen molar-refractivity contribution in [1.82, 2.24) is 0 Å². The van der Waals surface area contributed by atoms with Gasteiger partial charge in [-0.15, -0.1) is 11.8 Å². The lowest BCUT2D eigenvalue weighted by Crippen LogP contribution is -2.18. The smallest absolute Gasteiger partial charge is 0.336 e. The molecule has 0 radical (unpaired) electrons. The molecule has 0 bridgehead atoms. The van der Waals surface area contributed by atoms with E-state index < -0.39 is 5.97 Å². The van der Waals surface area contributed by atoms with Crippen molar-refractivity contribution in [3.05, 3.63) is 54.1 Å². The number of rotatable bonds is 6. The van der Waals surface area contributed by atoms with Gasteiger partial charge in [0.1, 0.15) is 0 Å². The Balaban J connectivity index is 1.55. The van der Waals surface area contributed by atoms with E-state index in [1.54, 1.807) is 24.3 Å². The number of amides is 1. The molecule has 2 aromatic rings. The van der Waals surface area contributed by atoms with E-state index in [0.717, 1.165) is 18.8 Å². The Morgan fingerprint density at radius 2 is 1.72 bits per heavy atom. The van der Waals surface area contributed by atoms with Crippen LogP contribution in [0.2, 0.25) is 0 Å². The lowest BCUT2D eigenvalue weighted by Gasteiger charge is -2.17.